The van der Waals surface area contributed by atoms with E-state index in [2.05, 4.69) is 16.5 Å². The first-order valence-corrected chi connectivity index (χ1v) is 6.77. The molecule has 3 nitrogen and oxygen atoms in total. The number of nitrogens with one attached hydrogen (secondary N) is 1. The van der Waals surface area contributed by atoms with Gasteiger partial charge in [0.25, 0.3) is 0 Å². The highest BCUT2D eigenvalue weighted by Gasteiger charge is 2.33. The zero-order valence-electron chi connectivity index (χ0n) is 10.2. The second-order valence-electron chi connectivity index (χ2n) is 4.04. The molecule has 0 atom stereocenters. The Balaban J connectivity index is 1.67. The summed E-state index contributed by atoms with van der Waals surface area (Å²) in [5, 5.41) is 8.69. The number of rotatable bonds is 6. The minimum atomic E-state index is -4.36. The summed E-state index contributed by atoms with van der Waals surface area (Å²) < 4.78 is 38.2. The average molecular weight is 289 g/mol. The van der Waals surface area contributed by atoms with Crippen molar-refractivity contribution in [2.45, 2.75) is 19.1 Å². The summed E-state index contributed by atoms with van der Waals surface area (Å²) in [5.41, 5.74) is -0.842. The van der Waals surface area contributed by atoms with Gasteiger partial charge in [0, 0.05) is 24.2 Å². The lowest BCUT2D eigenvalue weighted by molar-refractivity contribution is -0.141. The summed E-state index contributed by atoms with van der Waals surface area (Å²) in [5.74, 6) is 0. The molecule has 0 fully saturated rings. The van der Waals surface area contributed by atoms with E-state index in [4.69, 9.17) is 0 Å². The van der Waals surface area contributed by atoms with Gasteiger partial charge >= 0.3 is 6.18 Å². The van der Waals surface area contributed by atoms with E-state index in [0.717, 1.165) is 19.0 Å². The van der Waals surface area contributed by atoms with E-state index < -0.39 is 11.9 Å². The molecule has 0 saturated carbocycles. The minimum absolute atomic E-state index is 0.431. The van der Waals surface area contributed by atoms with Crippen molar-refractivity contribution >= 4 is 11.3 Å². The number of hydrogen-bond donors (Lipinski definition) is 1. The molecule has 19 heavy (non-hydrogen) atoms. The summed E-state index contributed by atoms with van der Waals surface area (Å²) in [4.78, 5) is 1.30. The van der Waals surface area contributed by atoms with Gasteiger partial charge in [0.1, 0.15) is 0 Å². The van der Waals surface area contributed by atoms with E-state index in [-0.39, 0.29) is 0 Å². The number of aromatic nitrogens is 2. The zero-order valence-corrected chi connectivity index (χ0v) is 11.0. The van der Waals surface area contributed by atoms with Crippen molar-refractivity contribution in [3.63, 3.8) is 0 Å². The van der Waals surface area contributed by atoms with Crippen LogP contribution in [0.15, 0.2) is 29.8 Å². The van der Waals surface area contributed by atoms with E-state index in [0.29, 0.717) is 13.1 Å². The van der Waals surface area contributed by atoms with E-state index in [1.807, 2.05) is 11.4 Å². The number of thiophene rings is 1. The number of hydrogen-bond acceptors (Lipinski definition) is 3. The molecular formula is C12H14F3N3S. The molecule has 1 N–H and O–H groups in total. The first-order chi connectivity index (χ1) is 9.05. The highest BCUT2D eigenvalue weighted by Crippen LogP contribution is 2.27. The lowest BCUT2D eigenvalue weighted by Crippen LogP contribution is -2.22. The molecule has 104 valence electrons. The van der Waals surface area contributed by atoms with Gasteiger partial charge in [0.15, 0.2) is 5.69 Å². The smallest absolute Gasteiger partial charge is 0.315 e. The molecule has 0 radical (unpaired) electrons. The highest BCUT2D eigenvalue weighted by molar-refractivity contribution is 7.09. The van der Waals surface area contributed by atoms with Crippen LogP contribution < -0.4 is 5.32 Å². The Kier molecular flexibility index (Phi) is 4.60. The van der Waals surface area contributed by atoms with Gasteiger partial charge in [0.05, 0.1) is 6.54 Å². The summed E-state index contributed by atoms with van der Waals surface area (Å²) in [6, 6.07) is 5.06. The van der Waals surface area contributed by atoms with Crippen molar-refractivity contribution in [2.24, 2.45) is 0 Å². The fourth-order valence-corrected chi connectivity index (χ4v) is 2.33. The predicted octanol–water partition coefficient (Wildman–Crippen LogP) is 2.80. The van der Waals surface area contributed by atoms with Crippen LogP contribution in [0, 0.1) is 0 Å². The van der Waals surface area contributed by atoms with Gasteiger partial charge in [-0.2, -0.15) is 18.3 Å². The van der Waals surface area contributed by atoms with E-state index >= 15 is 0 Å². The lowest BCUT2D eigenvalue weighted by atomic mass is 10.3. The monoisotopic (exact) mass is 289 g/mol. The van der Waals surface area contributed by atoms with Crippen LogP contribution in [0.4, 0.5) is 13.2 Å². The second kappa shape index (κ2) is 6.21. The molecule has 2 heterocycles. The van der Waals surface area contributed by atoms with Crippen LogP contribution in [-0.4, -0.2) is 22.9 Å². The summed E-state index contributed by atoms with van der Waals surface area (Å²) in [6.07, 6.45) is -2.08. The molecule has 0 aliphatic carbocycles. The summed E-state index contributed by atoms with van der Waals surface area (Å²) in [6.45, 7) is 1.85. The Morgan fingerprint density at radius 2 is 2.11 bits per heavy atom. The molecule has 2 aromatic rings. The molecular weight excluding hydrogens is 275 g/mol. The quantitative estimate of drug-likeness (QED) is 0.829. The first-order valence-electron chi connectivity index (χ1n) is 5.89. The van der Waals surface area contributed by atoms with Crippen LogP contribution in [0.3, 0.4) is 0 Å². The van der Waals surface area contributed by atoms with Crippen molar-refractivity contribution in [1.29, 1.82) is 0 Å². The van der Waals surface area contributed by atoms with Crippen molar-refractivity contribution in [2.75, 3.05) is 13.1 Å². The normalized spacial score (nSPS) is 11.9. The topological polar surface area (TPSA) is 29.9 Å². The number of halogens is 3. The van der Waals surface area contributed by atoms with Crippen LogP contribution in [0.1, 0.15) is 10.6 Å². The molecule has 0 spiro atoms. The molecule has 0 bridgehead atoms. The fraction of sp³-hybridized carbons (Fsp3) is 0.417. The van der Waals surface area contributed by atoms with Crippen LogP contribution in [-0.2, 0) is 19.1 Å². The van der Waals surface area contributed by atoms with Gasteiger partial charge < -0.3 is 5.32 Å². The van der Waals surface area contributed by atoms with Gasteiger partial charge in [-0.3, -0.25) is 4.68 Å². The molecule has 2 rings (SSSR count). The average Bonchev–Trinajstić information content (AvgIpc) is 2.97. The molecule has 0 amide bonds. The number of alkyl halides is 3. The maximum atomic E-state index is 12.3. The molecule has 0 aliphatic rings. The van der Waals surface area contributed by atoms with Gasteiger partial charge in [0.2, 0.25) is 0 Å². The lowest BCUT2D eigenvalue weighted by Gasteiger charge is -2.05. The third-order valence-electron chi connectivity index (χ3n) is 2.58. The Hall–Kier alpha value is -1.34. The van der Waals surface area contributed by atoms with Crippen molar-refractivity contribution in [3.8, 4) is 0 Å². The minimum Gasteiger partial charge on any atom is -0.315 e. The van der Waals surface area contributed by atoms with Crippen molar-refractivity contribution in [1.82, 2.24) is 15.1 Å². The van der Waals surface area contributed by atoms with Crippen LogP contribution in [0.5, 0.6) is 0 Å². The maximum absolute atomic E-state index is 12.3. The van der Waals surface area contributed by atoms with Gasteiger partial charge in [-0.25, -0.2) is 0 Å². The Bertz CT molecular complexity index is 491. The largest absolute Gasteiger partial charge is 0.435 e. The molecule has 0 aliphatic heterocycles. The predicted molar refractivity (Wildman–Crippen MR) is 68.1 cm³/mol. The van der Waals surface area contributed by atoms with Gasteiger partial charge in [-0.05, 0) is 23.9 Å². The van der Waals surface area contributed by atoms with Crippen LogP contribution >= 0.6 is 11.3 Å². The third-order valence-corrected chi connectivity index (χ3v) is 3.51. The van der Waals surface area contributed by atoms with Gasteiger partial charge in [-0.15, -0.1) is 11.3 Å². The third kappa shape index (κ3) is 4.36. The molecule has 7 heteroatoms. The van der Waals surface area contributed by atoms with Crippen molar-refractivity contribution in [3.05, 3.63) is 40.3 Å². The van der Waals surface area contributed by atoms with Crippen LogP contribution in [0.2, 0.25) is 0 Å². The SMILES string of the molecule is FC(F)(F)c1ccn(CCNCCc2cccs2)n1. The maximum Gasteiger partial charge on any atom is 0.435 e. The summed E-state index contributed by atoms with van der Waals surface area (Å²) in [7, 11) is 0. The molecule has 0 saturated heterocycles. The zero-order chi connectivity index (χ0) is 13.7. The van der Waals surface area contributed by atoms with E-state index in [1.165, 1.54) is 15.8 Å². The van der Waals surface area contributed by atoms with E-state index in [1.54, 1.807) is 11.3 Å². The molecule has 0 unspecified atom stereocenters. The van der Waals surface area contributed by atoms with Crippen LogP contribution in [0.25, 0.3) is 0 Å². The fourth-order valence-electron chi connectivity index (χ4n) is 1.62. The molecule has 0 aromatic carbocycles. The summed E-state index contributed by atoms with van der Waals surface area (Å²) >= 11 is 1.70. The molecule has 2 aromatic heterocycles. The second-order valence-corrected chi connectivity index (χ2v) is 5.07. The van der Waals surface area contributed by atoms with E-state index in [9.17, 15) is 13.2 Å². The Labute approximate surface area is 113 Å². The highest BCUT2D eigenvalue weighted by atomic mass is 32.1. The Morgan fingerprint density at radius 1 is 1.26 bits per heavy atom. The van der Waals surface area contributed by atoms with Crippen molar-refractivity contribution < 1.29 is 13.2 Å². The standard InChI is InChI=1S/C12H14F3N3S/c13-12(14,15)11-4-7-18(17-11)8-6-16-5-3-10-2-1-9-19-10/h1-2,4,7,9,16H,3,5-6,8H2. The first kappa shape index (κ1) is 14.1. The Morgan fingerprint density at radius 3 is 2.74 bits per heavy atom. The number of nitrogens with zero attached hydrogens (tertiary/aromatic N) is 2. The van der Waals surface area contributed by atoms with Gasteiger partial charge in [-0.1, -0.05) is 6.07 Å².